The summed E-state index contributed by atoms with van der Waals surface area (Å²) in [6.07, 6.45) is 2.39. The lowest BCUT2D eigenvalue weighted by Gasteiger charge is -2.60. The maximum Gasteiger partial charge on any atom is 0.407 e. The second-order valence-corrected chi connectivity index (χ2v) is 21.2. The van der Waals surface area contributed by atoms with Crippen LogP contribution < -0.4 is 16.0 Å². The number of thiophene rings is 1. The largest absolute Gasteiger partial charge is 0.449 e. The van der Waals surface area contributed by atoms with Crippen LogP contribution >= 0.6 is 11.3 Å². The summed E-state index contributed by atoms with van der Waals surface area (Å²) < 4.78 is 18.7. The van der Waals surface area contributed by atoms with E-state index in [1.54, 1.807) is 11.3 Å². The summed E-state index contributed by atoms with van der Waals surface area (Å²) in [5, 5.41) is 21.4. The fraction of sp³-hybridized carbons (Fsp3) is 0.600. The lowest BCUT2D eigenvalue weighted by Crippen LogP contribution is -2.70. The number of hydrogen-bond acceptors (Lipinski definition) is 11. The number of amides is 4. The normalized spacial score (nSPS) is 31.0. The molecule has 65 heavy (non-hydrogen) atoms. The number of ether oxygens (including phenoxy) is 3. The molecular weight excluding hydrogens is 849 g/mol. The fourth-order valence-corrected chi connectivity index (χ4v) is 11.8. The molecule has 11 unspecified atom stereocenters. The van der Waals surface area contributed by atoms with E-state index in [0.29, 0.717) is 18.3 Å². The number of aryl methyl sites for hydroxylation is 1. The van der Waals surface area contributed by atoms with Gasteiger partial charge in [-0.25, -0.2) is 14.6 Å². The highest BCUT2D eigenvalue weighted by molar-refractivity contribution is 7.13. The van der Waals surface area contributed by atoms with Crippen molar-refractivity contribution in [1.29, 1.82) is 0 Å². The van der Waals surface area contributed by atoms with Crippen molar-refractivity contribution in [3.05, 3.63) is 82.2 Å². The fourth-order valence-electron chi connectivity index (χ4n) is 10.8. The van der Waals surface area contributed by atoms with Crippen LogP contribution in [0.5, 0.6) is 0 Å². The number of aliphatic hydroxyl groups is 1. The Bertz CT molecular complexity index is 2190. The van der Waals surface area contributed by atoms with E-state index in [0.717, 1.165) is 47.9 Å². The average molecular weight is 915 g/mol. The molecule has 1 aromatic heterocycles. The second-order valence-electron chi connectivity index (χ2n) is 20.3. The Morgan fingerprint density at radius 2 is 1.62 bits per heavy atom. The molecule has 1 saturated carbocycles. The molecule has 11 atom stereocenters. The Kier molecular flexibility index (Phi) is 13.8. The molecule has 6 aliphatic rings. The molecule has 4 N–H and O–H groups in total. The minimum Gasteiger partial charge on any atom is -0.449 e. The Morgan fingerprint density at radius 3 is 2.31 bits per heavy atom. The first-order valence-electron chi connectivity index (χ1n) is 23.3. The van der Waals surface area contributed by atoms with Gasteiger partial charge in [-0.15, -0.1) is 11.3 Å². The third-order valence-corrected chi connectivity index (χ3v) is 15.6. The van der Waals surface area contributed by atoms with Gasteiger partial charge in [0, 0.05) is 49.7 Å². The first kappa shape index (κ1) is 47.1. The van der Waals surface area contributed by atoms with Gasteiger partial charge in [-0.3, -0.25) is 14.4 Å². The molecule has 2 bridgehead atoms. The molecule has 5 aliphatic heterocycles. The Balaban J connectivity index is 0.789. The smallest absolute Gasteiger partial charge is 0.407 e. The summed E-state index contributed by atoms with van der Waals surface area (Å²) in [7, 11) is 0. The van der Waals surface area contributed by atoms with Gasteiger partial charge in [-0.2, -0.15) is 0 Å². The lowest BCUT2D eigenvalue weighted by atomic mass is 9.57. The zero-order chi connectivity index (χ0) is 46.3. The van der Waals surface area contributed by atoms with Gasteiger partial charge >= 0.3 is 6.09 Å². The number of rotatable bonds is 13. The summed E-state index contributed by atoms with van der Waals surface area (Å²) in [6.45, 7) is 14.7. The van der Waals surface area contributed by atoms with Crippen molar-refractivity contribution in [2.24, 2.45) is 29.1 Å². The number of nitrogens with zero attached hydrogens (tertiary/aromatic N) is 1. The molecule has 6 fully saturated rings. The summed E-state index contributed by atoms with van der Waals surface area (Å²) in [6, 6.07) is 15.6. The molecule has 4 amide bonds. The first-order chi connectivity index (χ1) is 30.9. The van der Waals surface area contributed by atoms with Crippen LogP contribution in [0.4, 0.5) is 4.79 Å². The van der Waals surface area contributed by atoms with Crippen molar-refractivity contribution in [3.8, 4) is 10.4 Å². The number of benzene rings is 2. The molecule has 352 valence electrons. The van der Waals surface area contributed by atoms with E-state index >= 15 is 0 Å². The lowest BCUT2D eigenvalue weighted by molar-refractivity contribution is -0.571. The van der Waals surface area contributed by atoms with Crippen LogP contribution in [0.2, 0.25) is 0 Å². The number of aliphatic hydroxyl groups excluding tert-OH is 1. The first-order valence-corrected chi connectivity index (χ1v) is 24.2. The Morgan fingerprint density at radius 1 is 0.923 bits per heavy atom. The van der Waals surface area contributed by atoms with E-state index in [9.17, 15) is 24.3 Å². The maximum absolute atomic E-state index is 14.1. The van der Waals surface area contributed by atoms with Gasteiger partial charge < -0.3 is 40.2 Å². The van der Waals surface area contributed by atoms with Gasteiger partial charge in [-0.05, 0) is 95.5 Å². The Hall–Kier alpha value is -4.38. The van der Waals surface area contributed by atoms with Gasteiger partial charge in [0.05, 0.1) is 25.2 Å². The van der Waals surface area contributed by atoms with Crippen molar-refractivity contribution in [2.45, 2.75) is 148 Å². The van der Waals surface area contributed by atoms with E-state index < -0.39 is 53.3 Å². The molecule has 0 radical (unpaired) electrons. The van der Waals surface area contributed by atoms with Crippen LogP contribution in [-0.2, 0) is 57.9 Å². The maximum atomic E-state index is 14.1. The molecular formula is C50H66N4O10S. The van der Waals surface area contributed by atoms with E-state index in [2.05, 4.69) is 48.2 Å². The molecule has 5 saturated heterocycles. The minimum absolute atomic E-state index is 0.00632. The van der Waals surface area contributed by atoms with E-state index in [-0.39, 0.29) is 68.8 Å². The van der Waals surface area contributed by atoms with Crippen molar-refractivity contribution in [3.63, 3.8) is 0 Å². The van der Waals surface area contributed by atoms with Crippen LogP contribution in [-0.4, -0.2) is 88.9 Å². The van der Waals surface area contributed by atoms with Crippen molar-refractivity contribution >= 4 is 35.2 Å². The topological polar surface area (TPSA) is 174 Å². The summed E-state index contributed by atoms with van der Waals surface area (Å²) in [4.78, 5) is 68.7. The van der Waals surface area contributed by atoms with Gasteiger partial charge in [0.25, 0.3) is 0 Å². The van der Waals surface area contributed by atoms with Crippen LogP contribution in [0.1, 0.15) is 102 Å². The molecule has 15 heteroatoms. The molecule has 6 heterocycles. The molecule has 14 nitrogen and oxygen atoms in total. The van der Waals surface area contributed by atoms with Crippen molar-refractivity contribution < 1.29 is 48.3 Å². The molecule has 3 aromatic rings. The van der Waals surface area contributed by atoms with Crippen LogP contribution in [0.3, 0.4) is 0 Å². The standard InChI is InChI=1S/C50H66N4O10S/c1-29-8-17-38-31(3)40(61-46-50(38)37(29)18-21-49(7,62-46)63-64-50)19-22-60-47(59)52-27-33-11-9-32(10-12-33)24-41(56)53-43(48(4,5)6)45(58)54-28-36(55)25-39(54)44(57)51-26-34-13-15-35(16-14-34)42-30(2)20-23-65-42/h9-16,20,23,29,31,36-40,43,46,55H,8,17-19,21-22,24-28H2,1-7H3,(H,51,57)(H,52,59)(H,53,56). The zero-order valence-electron chi connectivity index (χ0n) is 38.7. The number of fused-ring (bicyclic) bond motifs is 2. The summed E-state index contributed by atoms with van der Waals surface area (Å²) >= 11 is 1.69. The van der Waals surface area contributed by atoms with Crippen molar-refractivity contribution in [1.82, 2.24) is 20.9 Å². The molecule has 2 aromatic carbocycles. The second kappa shape index (κ2) is 19.1. The number of likely N-dealkylation sites (tertiary alicyclic amines) is 1. The molecule has 1 aliphatic carbocycles. The van der Waals surface area contributed by atoms with E-state index in [1.807, 2.05) is 76.2 Å². The van der Waals surface area contributed by atoms with Gasteiger partial charge in [0.15, 0.2) is 11.9 Å². The van der Waals surface area contributed by atoms with Crippen LogP contribution in [0.15, 0.2) is 60.0 Å². The minimum atomic E-state index is -0.946. The highest BCUT2D eigenvalue weighted by atomic mass is 32.1. The predicted octanol–water partition coefficient (Wildman–Crippen LogP) is 6.94. The number of nitrogens with one attached hydrogen (secondary N) is 3. The Labute approximate surface area is 386 Å². The van der Waals surface area contributed by atoms with Gasteiger partial charge in [0.1, 0.15) is 12.1 Å². The van der Waals surface area contributed by atoms with Crippen LogP contribution in [0, 0.1) is 36.0 Å². The predicted molar refractivity (Wildman–Crippen MR) is 244 cm³/mol. The molecule has 1 spiro atoms. The number of alkyl carbamates (subject to hydrolysis) is 1. The van der Waals surface area contributed by atoms with Gasteiger partial charge in [0.2, 0.25) is 23.5 Å². The van der Waals surface area contributed by atoms with E-state index in [4.69, 9.17) is 24.0 Å². The molecule has 9 rings (SSSR count). The highest BCUT2D eigenvalue weighted by Crippen LogP contribution is 2.60. The monoisotopic (exact) mass is 914 g/mol. The third kappa shape index (κ3) is 10.0. The SMILES string of the molecule is Cc1ccsc1-c1ccc(CNC(=O)C2CC(O)CN2C(=O)C(NC(=O)Cc2ccc(CNC(=O)OCCC3OC4OC5(C)CCC6C(C)CCC(C3C)C46OO5)cc2)C(C)(C)C)cc1. The number of carbonyl (C=O) groups is 4. The quantitative estimate of drug-likeness (QED) is 0.132. The van der Waals surface area contributed by atoms with Gasteiger partial charge in [-0.1, -0.05) is 83.1 Å². The third-order valence-electron chi connectivity index (χ3n) is 14.6. The average Bonchev–Trinajstić information content (AvgIpc) is 3.81. The summed E-state index contributed by atoms with van der Waals surface area (Å²) in [5.41, 5.74) is 3.47. The summed E-state index contributed by atoms with van der Waals surface area (Å²) in [5.74, 6) is -0.830. The van der Waals surface area contributed by atoms with Crippen molar-refractivity contribution in [2.75, 3.05) is 13.2 Å². The zero-order valence-corrected chi connectivity index (χ0v) is 39.5. The van der Waals surface area contributed by atoms with Crippen LogP contribution in [0.25, 0.3) is 10.4 Å². The number of carbonyl (C=O) groups excluding carboxylic acids is 4. The highest BCUT2D eigenvalue weighted by Gasteiger charge is 2.69. The number of hydrogen-bond donors (Lipinski definition) is 4. The van der Waals surface area contributed by atoms with E-state index in [1.165, 1.54) is 15.3 Å². The number of β-amino-alcohol motifs (C(OH)–C–C–N with tert-alkyl or cyclic N) is 1.